The number of hydrogen-bond donors (Lipinski definition) is 1. The van der Waals surface area contributed by atoms with E-state index in [1.54, 1.807) is 0 Å². The molecule has 23 heavy (non-hydrogen) atoms. The number of fused-ring (bicyclic) bond motifs is 1. The highest BCUT2D eigenvalue weighted by Crippen LogP contribution is 2.28. The largest absolute Gasteiger partial charge is 0.337 e. The topological polar surface area (TPSA) is 74.0 Å². The van der Waals surface area contributed by atoms with E-state index in [-0.39, 0.29) is 11.9 Å². The molecule has 124 valence electrons. The average Bonchev–Trinajstić information content (AvgIpc) is 2.95. The van der Waals surface area contributed by atoms with Crippen LogP contribution in [-0.2, 0) is 24.8 Å². The zero-order valence-corrected chi connectivity index (χ0v) is 14.0. The maximum atomic E-state index is 12.7. The van der Waals surface area contributed by atoms with Crippen molar-refractivity contribution in [3.63, 3.8) is 0 Å². The lowest BCUT2D eigenvalue weighted by atomic mass is 9.82. The fourth-order valence-corrected chi connectivity index (χ4v) is 3.73. The zero-order valence-electron chi connectivity index (χ0n) is 14.0. The van der Waals surface area contributed by atoms with E-state index in [1.165, 1.54) is 5.69 Å². The van der Waals surface area contributed by atoms with Crippen LogP contribution in [0.2, 0.25) is 0 Å². The first-order valence-corrected chi connectivity index (χ1v) is 8.51. The Kier molecular flexibility index (Phi) is 4.40. The van der Waals surface area contributed by atoms with Gasteiger partial charge in [0.05, 0.1) is 24.1 Å². The van der Waals surface area contributed by atoms with Crippen molar-refractivity contribution in [2.45, 2.75) is 63.6 Å². The Balaban J connectivity index is 1.65. The van der Waals surface area contributed by atoms with Crippen molar-refractivity contribution in [2.24, 2.45) is 7.05 Å². The van der Waals surface area contributed by atoms with Crippen molar-refractivity contribution in [3.8, 4) is 6.07 Å². The molecule has 0 bridgehead atoms. The number of hydrogen-bond acceptors (Lipinski definition) is 4. The molecule has 0 saturated heterocycles. The van der Waals surface area contributed by atoms with Gasteiger partial charge in [-0.15, -0.1) is 0 Å². The molecule has 6 nitrogen and oxygen atoms in total. The maximum Gasteiger partial charge on any atom is 0.238 e. The summed E-state index contributed by atoms with van der Waals surface area (Å²) in [5.74, 6) is -0.0344. The highest BCUT2D eigenvalue weighted by Gasteiger charge is 2.36. The average molecular weight is 315 g/mol. The van der Waals surface area contributed by atoms with Crippen molar-refractivity contribution in [3.05, 3.63) is 17.7 Å². The minimum Gasteiger partial charge on any atom is -0.337 e. The summed E-state index contributed by atoms with van der Waals surface area (Å²) in [6, 6.07) is 2.12. The van der Waals surface area contributed by atoms with Crippen LogP contribution in [0.3, 0.4) is 0 Å². The number of imidazole rings is 1. The molecule has 0 radical (unpaired) electrons. The first kappa shape index (κ1) is 16.0. The third kappa shape index (κ3) is 3.11. The third-order valence-electron chi connectivity index (χ3n) is 5.35. The van der Waals surface area contributed by atoms with Crippen LogP contribution in [0.1, 0.15) is 50.4 Å². The van der Waals surface area contributed by atoms with Crippen LogP contribution in [0.4, 0.5) is 0 Å². The minimum atomic E-state index is -0.657. The Bertz CT molecular complexity index is 623. The van der Waals surface area contributed by atoms with Gasteiger partial charge in [0.2, 0.25) is 5.91 Å². The van der Waals surface area contributed by atoms with Gasteiger partial charge in [-0.1, -0.05) is 19.3 Å². The molecule has 1 aromatic heterocycles. The number of aryl methyl sites for hydroxylation is 1. The van der Waals surface area contributed by atoms with Gasteiger partial charge in [-0.2, -0.15) is 5.26 Å². The van der Waals surface area contributed by atoms with E-state index in [2.05, 4.69) is 25.8 Å². The number of carbonyl (C=O) groups excluding carboxylic acids is 1. The predicted octanol–water partition coefficient (Wildman–Crippen LogP) is 1.51. The summed E-state index contributed by atoms with van der Waals surface area (Å²) in [7, 11) is 2.01. The summed E-state index contributed by atoms with van der Waals surface area (Å²) >= 11 is 0. The van der Waals surface area contributed by atoms with Crippen LogP contribution in [0.5, 0.6) is 0 Å². The first-order valence-electron chi connectivity index (χ1n) is 8.51. The van der Waals surface area contributed by atoms with Crippen LogP contribution in [0.15, 0.2) is 6.33 Å². The van der Waals surface area contributed by atoms with Gasteiger partial charge in [-0.25, -0.2) is 4.98 Å². The van der Waals surface area contributed by atoms with E-state index in [0.29, 0.717) is 6.54 Å². The molecular weight excluding hydrogens is 290 g/mol. The second kappa shape index (κ2) is 6.32. The fourth-order valence-electron chi connectivity index (χ4n) is 3.73. The Morgan fingerprint density at radius 2 is 2.17 bits per heavy atom. The summed E-state index contributed by atoms with van der Waals surface area (Å²) in [6.45, 7) is 3.47. The van der Waals surface area contributed by atoms with Gasteiger partial charge in [-0.3, -0.25) is 9.69 Å². The van der Waals surface area contributed by atoms with Gasteiger partial charge < -0.3 is 9.88 Å². The second-order valence-electron chi connectivity index (χ2n) is 6.89. The second-order valence-corrected chi connectivity index (χ2v) is 6.89. The molecule has 1 unspecified atom stereocenters. The highest BCUT2D eigenvalue weighted by atomic mass is 16.2. The van der Waals surface area contributed by atoms with Crippen molar-refractivity contribution in [2.75, 3.05) is 6.54 Å². The SMILES string of the molecule is CC(C(=O)NC1(C#N)CCCCC1)N1CCc2c(ncn2C)C1. The Labute approximate surface area is 137 Å². The third-order valence-corrected chi connectivity index (χ3v) is 5.35. The molecule has 3 rings (SSSR count). The fraction of sp³-hybridized carbons (Fsp3) is 0.706. The summed E-state index contributed by atoms with van der Waals surface area (Å²) in [4.78, 5) is 19.2. The number of rotatable bonds is 3. The van der Waals surface area contributed by atoms with E-state index in [4.69, 9.17) is 0 Å². The molecule has 2 heterocycles. The Hall–Kier alpha value is -1.87. The molecule has 2 aliphatic rings. The molecule has 1 fully saturated rings. The Morgan fingerprint density at radius 1 is 1.43 bits per heavy atom. The standard InChI is InChI=1S/C17H25N5O/c1-13(16(23)20-17(11-18)7-4-3-5-8-17)22-9-6-15-14(10-22)19-12-21(15)2/h12-13H,3-10H2,1-2H3,(H,20,23). The smallest absolute Gasteiger partial charge is 0.238 e. The lowest BCUT2D eigenvalue weighted by molar-refractivity contribution is -0.128. The molecule has 0 spiro atoms. The highest BCUT2D eigenvalue weighted by molar-refractivity contribution is 5.82. The van der Waals surface area contributed by atoms with Gasteiger partial charge >= 0.3 is 0 Å². The van der Waals surface area contributed by atoms with Crippen LogP contribution in [0, 0.1) is 11.3 Å². The van der Waals surface area contributed by atoms with Crippen LogP contribution in [0.25, 0.3) is 0 Å². The van der Waals surface area contributed by atoms with Gasteiger partial charge in [-0.05, 0) is 19.8 Å². The van der Waals surface area contributed by atoms with E-state index in [0.717, 1.165) is 50.8 Å². The van der Waals surface area contributed by atoms with Gasteiger partial charge in [0.25, 0.3) is 0 Å². The number of aromatic nitrogens is 2. The molecular formula is C17H25N5O. The summed E-state index contributed by atoms with van der Waals surface area (Å²) < 4.78 is 2.06. The summed E-state index contributed by atoms with van der Waals surface area (Å²) in [5.41, 5.74) is 1.66. The molecule has 1 saturated carbocycles. The monoisotopic (exact) mass is 315 g/mol. The van der Waals surface area contributed by atoms with Gasteiger partial charge in [0.1, 0.15) is 5.54 Å². The van der Waals surface area contributed by atoms with E-state index in [1.807, 2.05) is 20.3 Å². The van der Waals surface area contributed by atoms with Crippen LogP contribution in [-0.4, -0.2) is 38.5 Å². The first-order chi connectivity index (χ1) is 11.0. The van der Waals surface area contributed by atoms with Crippen LogP contribution >= 0.6 is 0 Å². The minimum absolute atomic E-state index is 0.0344. The van der Waals surface area contributed by atoms with Crippen molar-refractivity contribution in [1.82, 2.24) is 19.8 Å². The number of amides is 1. The number of nitrogens with zero attached hydrogens (tertiary/aromatic N) is 4. The zero-order chi connectivity index (χ0) is 16.4. The summed E-state index contributed by atoms with van der Waals surface area (Å²) in [6.07, 6.45) is 7.48. The normalized spacial score (nSPS) is 22.0. The van der Waals surface area contributed by atoms with Crippen molar-refractivity contribution in [1.29, 1.82) is 5.26 Å². The predicted molar refractivity (Wildman–Crippen MR) is 86.4 cm³/mol. The van der Waals surface area contributed by atoms with Crippen molar-refractivity contribution >= 4 is 5.91 Å². The molecule has 1 aliphatic carbocycles. The van der Waals surface area contributed by atoms with Gasteiger partial charge in [0.15, 0.2) is 0 Å². The van der Waals surface area contributed by atoms with Gasteiger partial charge in [0, 0.05) is 32.3 Å². The molecule has 1 amide bonds. The van der Waals surface area contributed by atoms with E-state index < -0.39 is 5.54 Å². The lowest BCUT2D eigenvalue weighted by Gasteiger charge is -2.36. The molecule has 1 N–H and O–H groups in total. The van der Waals surface area contributed by atoms with Crippen molar-refractivity contribution < 1.29 is 4.79 Å². The van der Waals surface area contributed by atoms with E-state index >= 15 is 0 Å². The molecule has 0 aromatic carbocycles. The number of nitriles is 1. The molecule has 1 aromatic rings. The molecule has 1 atom stereocenters. The summed E-state index contributed by atoms with van der Waals surface area (Å²) in [5, 5.41) is 12.6. The number of carbonyl (C=O) groups is 1. The quantitative estimate of drug-likeness (QED) is 0.917. The van der Waals surface area contributed by atoms with Crippen LogP contribution < -0.4 is 5.32 Å². The maximum absolute atomic E-state index is 12.7. The Morgan fingerprint density at radius 3 is 2.87 bits per heavy atom. The lowest BCUT2D eigenvalue weighted by Crippen LogP contribution is -2.55. The van der Waals surface area contributed by atoms with E-state index in [9.17, 15) is 10.1 Å². The molecule has 1 aliphatic heterocycles. The molecule has 6 heteroatoms. The number of nitrogens with one attached hydrogen (secondary N) is 1.